The van der Waals surface area contributed by atoms with Gasteiger partial charge in [-0.3, -0.25) is 0 Å². The molecule has 0 radical (unpaired) electrons. The van der Waals surface area contributed by atoms with E-state index < -0.39 is 41.6 Å². The Hall–Kier alpha value is -2.28. The maximum Gasteiger partial charge on any atom is 0.252 e. The molecule has 1 fully saturated rings. The van der Waals surface area contributed by atoms with Gasteiger partial charge in [0.2, 0.25) is 0 Å². The zero-order chi connectivity index (χ0) is 18.7. The van der Waals surface area contributed by atoms with Gasteiger partial charge in [-0.05, 0) is 25.0 Å². The Morgan fingerprint density at radius 3 is 2.85 bits per heavy atom. The Labute approximate surface area is 154 Å². The molecule has 0 spiro atoms. The van der Waals surface area contributed by atoms with Crippen molar-refractivity contribution in [3.05, 3.63) is 34.4 Å². The van der Waals surface area contributed by atoms with Gasteiger partial charge < -0.3 is 28.9 Å². The first-order chi connectivity index (χ1) is 12.5. The summed E-state index contributed by atoms with van der Waals surface area (Å²) in [7, 11) is 1.43. The van der Waals surface area contributed by atoms with Gasteiger partial charge in [-0.1, -0.05) is 17.6 Å². The van der Waals surface area contributed by atoms with E-state index in [0.29, 0.717) is 11.5 Å². The van der Waals surface area contributed by atoms with E-state index >= 15 is 0 Å². The van der Waals surface area contributed by atoms with Gasteiger partial charge in [0.1, 0.15) is 24.9 Å². The van der Waals surface area contributed by atoms with Crippen molar-refractivity contribution in [2.24, 2.45) is 10.7 Å². The van der Waals surface area contributed by atoms with Gasteiger partial charge in [0.05, 0.1) is 0 Å². The fourth-order valence-electron chi connectivity index (χ4n) is 2.89. The molecule has 26 heavy (non-hydrogen) atoms. The first-order valence-electron chi connectivity index (χ1n) is 7.64. The Kier molecular flexibility index (Phi) is 5.66. The summed E-state index contributed by atoms with van der Waals surface area (Å²) in [4.78, 5) is 14.8. The molecule has 0 unspecified atom stereocenters. The van der Waals surface area contributed by atoms with Gasteiger partial charge in [-0.2, -0.15) is 0 Å². The van der Waals surface area contributed by atoms with Crippen LogP contribution in [0, 0.1) is 10.1 Å². The number of methoxy groups -OCH3 is 1. The van der Waals surface area contributed by atoms with Crippen molar-refractivity contribution in [3.63, 3.8) is 0 Å². The Morgan fingerprint density at radius 2 is 2.19 bits per heavy atom. The number of fused-ring (bicyclic) bond motifs is 2. The molecule has 2 aliphatic rings. The highest BCUT2D eigenvalue weighted by molar-refractivity contribution is 7.75. The standard InChI is InChI=1S/C14H18N4O7S/c1-21-13-12(25-26)10(16-14(15)17-18(19)20)11-9(24-13)6-22-7-4-2-3-5-8(7)23-11/h2-5,9-13,26H,6H2,1H3,(H3,15,16,17)/t9-,10+,11-,12+,13+/m0/s1. The molecule has 0 bridgehead atoms. The maximum absolute atomic E-state index is 10.6. The van der Waals surface area contributed by atoms with E-state index in [1.165, 1.54) is 7.11 Å². The summed E-state index contributed by atoms with van der Waals surface area (Å²) >= 11 is 3.86. The summed E-state index contributed by atoms with van der Waals surface area (Å²) in [5.41, 5.74) is 7.41. The van der Waals surface area contributed by atoms with Crippen LogP contribution in [0.15, 0.2) is 29.3 Å². The van der Waals surface area contributed by atoms with Crippen LogP contribution in [0.3, 0.4) is 0 Å². The molecule has 2 aliphatic heterocycles. The van der Waals surface area contributed by atoms with E-state index in [-0.39, 0.29) is 6.61 Å². The molecule has 0 aromatic heterocycles. The summed E-state index contributed by atoms with van der Waals surface area (Å²) in [5, 5.41) is 9.80. The normalized spacial score (nSPS) is 30.8. The van der Waals surface area contributed by atoms with Crippen molar-refractivity contribution >= 4 is 18.9 Å². The molecule has 1 saturated heterocycles. The monoisotopic (exact) mass is 386 g/mol. The molecule has 0 saturated carbocycles. The van der Waals surface area contributed by atoms with E-state index in [4.69, 9.17) is 28.9 Å². The fourth-order valence-corrected chi connectivity index (χ4v) is 3.12. The maximum atomic E-state index is 10.6. The number of thiol groups is 1. The highest BCUT2D eigenvalue weighted by Crippen LogP contribution is 2.37. The first kappa shape index (κ1) is 18.5. The molecule has 3 rings (SSSR count). The smallest absolute Gasteiger partial charge is 0.252 e. The van der Waals surface area contributed by atoms with E-state index in [9.17, 15) is 10.1 Å². The van der Waals surface area contributed by atoms with Crippen LogP contribution in [0.2, 0.25) is 0 Å². The van der Waals surface area contributed by atoms with E-state index in [0.717, 1.165) is 0 Å². The SMILES string of the molecule is CO[C@@H]1O[C@H]2COc3ccccc3O[C@@H]2[C@@H](N=C(N)N[N+](=O)[O-])[C@H]1OS. The number of nitrogens with zero attached hydrogens (tertiary/aromatic N) is 2. The van der Waals surface area contributed by atoms with Crippen molar-refractivity contribution < 1.29 is 28.2 Å². The molecule has 0 aliphatic carbocycles. The highest BCUT2D eigenvalue weighted by atomic mass is 32.1. The zero-order valence-electron chi connectivity index (χ0n) is 13.7. The van der Waals surface area contributed by atoms with E-state index in [1.807, 2.05) is 6.07 Å². The number of nitrogens with two attached hydrogens (primary N) is 1. The Bertz CT molecular complexity index is 691. The predicted molar refractivity (Wildman–Crippen MR) is 91.4 cm³/mol. The van der Waals surface area contributed by atoms with Crippen LogP contribution in [-0.4, -0.2) is 55.4 Å². The van der Waals surface area contributed by atoms with Gasteiger partial charge in [0.15, 0.2) is 28.9 Å². The van der Waals surface area contributed by atoms with Crippen LogP contribution in [0.1, 0.15) is 0 Å². The average Bonchev–Trinajstić information content (AvgIpc) is 2.80. The largest absolute Gasteiger partial charge is 0.487 e. The lowest BCUT2D eigenvalue weighted by atomic mass is 9.96. The average molecular weight is 386 g/mol. The van der Waals surface area contributed by atoms with Gasteiger partial charge in [-0.25, -0.2) is 15.1 Å². The van der Waals surface area contributed by atoms with Crippen molar-refractivity contribution in [2.75, 3.05) is 13.7 Å². The topological polar surface area (TPSA) is 140 Å². The second-order valence-electron chi connectivity index (χ2n) is 5.56. The van der Waals surface area contributed by atoms with Crippen molar-refractivity contribution in [3.8, 4) is 11.5 Å². The number of benzene rings is 1. The predicted octanol–water partition coefficient (Wildman–Crippen LogP) is -0.108. The molecule has 11 nitrogen and oxygen atoms in total. The number of hydrazine groups is 1. The second-order valence-corrected chi connectivity index (χ2v) is 5.77. The van der Waals surface area contributed by atoms with Crippen LogP contribution in [0.5, 0.6) is 11.5 Å². The molecule has 3 N–H and O–H groups in total. The molecule has 142 valence electrons. The minimum Gasteiger partial charge on any atom is -0.487 e. The minimum atomic E-state index is -0.848. The zero-order valence-corrected chi connectivity index (χ0v) is 14.6. The minimum absolute atomic E-state index is 0.162. The van der Waals surface area contributed by atoms with Crippen molar-refractivity contribution in [2.45, 2.75) is 30.6 Å². The van der Waals surface area contributed by atoms with Crippen LogP contribution in [-0.2, 0) is 13.7 Å². The van der Waals surface area contributed by atoms with Crippen LogP contribution < -0.4 is 20.6 Å². The fraction of sp³-hybridized carbons (Fsp3) is 0.500. The lowest BCUT2D eigenvalue weighted by Crippen LogP contribution is -2.61. The number of nitro groups is 1. The van der Waals surface area contributed by atoms with Gasteiger partial charge in [0, 0.05) is 7.11 Å². The lowest BCUT2D eigenvalue weighted by Gasteiger charge is -2.41. The van der Waals surface area contributed by atoms with Crippen LogP contribution in [0.25, 0.3) is 0 Å². The molecular formula is C14H18N4O7S. The number of hydrogen-bond acceptors (Lipinski definition) is 9. The summed E-state index contributed by atoms with van der Waals surface area (Å²) in [5.74, 6) is 0.619. The molecule has 5 atom stereocenters. The van der Waals surface area contributed by atoms with Gasteiger partial charge >= 0.3 is 0 Å². The number of aliphatic imine (C=N–C) groups is 1. The molecule has 1 aromatic carbocycles. The summed E-state index contributed by atoms with van der Waals surface area (Å²) in [6, 6.07) is 6.28. The third kappa shape index (κ3) is 3.77. The Morgan fingerprint density at radius 1 is 1.46 bits per heavy atom. The van der Waals surface area contributed by atoms with E-state index in [1.54, 1.807) is 23.6 Å². The Balaban J connectivity index is 1.96. The number of para-hydroxylation sites is 2. The van der Waals surface area contributed by atoms with Gasteiger partial charge in [0.25, 0.3) is 5.96 Å². The van der Waals surface area contributed by atoms with Crippen LogP contribution >= 0.6 is 12.9 Å². The number of nitrogens with one attached hydrogen (secondary N) is 1. The lowest BCUT2D eigenvalue weighted by molar-refractivity contribution is -0.525. The summed E-state index contributed by atoms with van der Waals surface area (Å²) in [6.07, 6.45) is -2.96. The van der Waals surface area contributed by atoms with Crippen molar-refractivity contribution in [1.82, 2.24) is 5.43 Å². The quantitative estimate of drug-likeness (QED) is 0.161. The van der Waals surface area contributed by atoms with E-state index in [2.05, 4.69) is 17.9 Å². The first-order valence-corrected chi connectivity index (χ1v) is 8.01. The molecule has 0 amide bonds. The summed E-state index contributed by atoms with van der Waals surface area (Å²) < 4.78 is 28.0. The third-order valence-electron chi connectivity index (χ3n) is 3.98. The number of ether oxygens (including phenoxy) is 4. The molecule has 1 aromatic rings. The van der Waals surface area contributed by atoms with Gasteiger partial charge in [-0.15, -0.1) is 0 Å². The van der Waals surface area contributed by atoms with Crippen molar-refractivity contribution in [1.29, 1.82) is 0 Å². The third-order valence-corrected chi connectivity index (χ3v) is 4.22. The number of rotatable bonds is 4. The second kappa shape index (κ2) is 7.95. The highest BCUT2D eigenvalue weighted by Gasteiger charge is 2.50. The molecule has 12 heteroatoms. The van der Waals surface area contributed by atoms with Crippen LogP contribution in [0.4, 0.5) is 0 Å². The molecular weight excluding hydrogens is 368 g/mol. The number of hydrogen-bond donors (Lipinski definition) is 3. The summed E-state index contributed by atoms with van der Waals surface area (Å²) in [6.45, 7) is 0.162. The number of guanidine groups is 1. The molecule has 2 heterocycles.